The monoisotopic (exact) mass is 470 g/mol. The van der Waals surface area contributed by atoms with Gasteiger partial charge in [-0.25, -0.2) is 4.79 Å². The maximum absolute atomic E-state index is 12.9. The summed E-state index contributed by atoms with van der Waals surface area (Å²) in [4.78, 5) is 51.9. The quantitative estimate of drug-likeness (QED) is 0.311. The number of ether oxygens (including phenoxy) is 2. The first-order valence-corrected chi connectivity index (χ1v) is 10.6. The average Bonchev–Trinajstić information content (AvgIpc) is 3.13. The lowest BCUT2D eigenvalue weighted by Crippen LogP contribution is -2.29. The molecule has 4 aromatic rings. The topological polar surface area (TPSA) is 121 Å². The van der Waals surface area contributed by atoms with Gasteiger partial charge in [-0.3, -0.25) is 19.3 Å². The van der Waals surface area contributed by atoms with Crippen molar-refractivity contribution in [3.05, 3.63) is 99.3 Å². The first kappa shape index (κ1) is 22.0. The van der Waals surface area contributed by atoms with Crippen molar-refractivity contribution in [2.24, 2.45) is 0 Å². The minimum atomic E-state index is -0.770. The van der Waals surface area contributed by atoms with Crippen molar-refractivity contribution in [2.45, 2.75) is 13.3 Å². The molecule has 10 heteroatoms. The van der Waals surface area contributed by atoms with Crippen molar-refractivity contribution < 1.29 is 23.9 Å². The van der Waals surface area contributed by atoms with E-state index in [4.69, 9.17) is 9.47 Å². The van der Waals surface area contributed by atoms with Gasteiger partial charge in [0.2, 0.25) is 0 Å². The number of benzene rings is 3. The van der Waals surface area contributed by atoms with Crippen LogP contribution in [0.15, 0.2) is 71.5 Å². The second-order valence-corrected chi connectivity index (χ2v) is 7.75. The highest BCUT2D eigenvalue weighted by Crippen LogP contribution is 2.26. The Kier molecular flexibility index (Phi) is 5.54. The number of rotatable bonds is 6. The second-order valence-electron chi connectivity index (χ2n) is 7.75. The molecule has 1 aliphatic rings. The van der Waals surface area contributed by atoms with E-state index in [9.17, 15) is 19.2 Å². The predicted molar refractivity (Wildman–Crippen MR) is 123 cm³/mol. The molecule has 0 fully saturated rings. The number of imide groups is 1. The summed E-state index contributed by atoms with van der Waals surface area (Å²) in [6.45, 7) is -0.493. The number of hydrogen-bond acceptors (Lipinski definition) is 8. The summed E-state index contributed by atoms with van der Waals surface area (Å²) in [5, 5.41) is 8.10. The van der Waals surface area contributed by atoms with E-state index in [0.717, 1.165) is 9.58 Å². The molecule has 1 aromatic heterocycles. The van der Waals surface area contributed by atoms with E-state index in [1.807, 2.05) is 0 Å². The second kappa shape index (κ2) is 8.82. The maximum atomic E-state index is 12.9. The van der Waals surface area contributed by atoms with Crippen LogP contribution in [0.1, 0.15) is 36.6 Å². The van der Waals surface area contributed by atoms with Gasteiger partial charge in [-0.15, -0.1) is 5.10 Å². The van der Waals surface area contributed by atoms with Crippen LogP contribution >= 0.6 is 0 Å². The molecule has 0 saturated carbocycles. The number of amides is 2. The molecule has 0 radical (unpaired) electrons. The highest BCUT2D eigenvalue weighted by Gasteiger charge is 2.35. The highest BCUT2D eigenvalue weighted by atomic mass is 16.5. The van der Waals surface area contributed by atoms with Gasteiger partial charge in [0.05, 0.1) is 30.2 Å². The van der Waals surface area contributed by atoms with E-state index in [2.05, 4.69) is 10.3 Å². The minimum absolute atomic E-state index is 0.0355. The van der Waals surface area contributed by atoms with Crippen molar-refractivity contribution >= 4 is 28.7 Å². The van der Waals surface area contributed by atoms with Crippen LogP contribution in [0.5, 0.6) is 5.75 Å². The third kappa shape index (κ3) is 3.90. The van der Waals surface area contributed by atoms with Gasteiger partial charge in [0.15, 0.2) is 6.73 Å². The lowest BCUT2D eigenvalue weighted by molar-refractivity contribution is 0.0332. The molecule has 0 N–H and O–H groups in total. The van der Waals surface area contributed by atoms with Crippen LogP contribution in [-0.4, -0.2) is 44.8 Å². The number of fused-ring (bicyclic) bond motifs is 2. The summed E-state index contributed by atoms with van der Waals surface area (Å²) >= 11 is 0. The van der Waals surface area contributed by atoms with Gasteiger partial charge in [-0.2, -0.15) is 4.68 Å². The lowest BCUT2D eigenvalue weighted by atomic mass is 10.1. The Morgan fingerprint density at radius 2 is 1.60 bits per heavy atom. The van der Waals surface area contributed by atoms with Gasteiger partial charge >= 0.3 is 5.97 Å². The maximum Gasteiger partial charge on any atom is 0.343 e. The molecule has 2 heterocycles. The third-order valence-electron chi connectivity index (χ3n) is 5.65. The van der Waals surface area contributed by atoms with Crippen molar-refractivity contribution in [1.82, 2.24) is 19.9 Å². The Hall–Kier alpha value is -4.86. The fraction of sp³-hybridized carbons (Fsp3) is 0.120. The molecule has 3 aromatic carbocycles. The molecule has 0 unspecified atom stereocenters. The zero-order valence-corrected chi connectivity index (χ0v) is 18.5. The Morgan fingerprint density at radius 1 is 0.914 bits per heavy atom. The molecule has 10 nitrogen and oxygen atoms in total. The summed E-state index contributed by atoms with van der Waals surface area (Å²) in [5.41, 5.74) is 1.26. The van der Waals surface area contributed by atoms with Gasteiger partial charge in [0, 0.05) is 0 Å². The number of aromatic nitrogens is 3. The van der Waals surface area contributed by atoms with E-state index < -0.39 is 30.1 Å². The molecule has 0 atom stereocenters. The Morgan fingerprint density at radius 3 is 2.31 bits per heavy atom. The number of hydrogen-bond donors (Lipinski definition) is 0. The molecule has 35 heavy (non-hydrogen) atoms. The normalized spacial score (nSPS) is 12.7. The van der Waals surface area contributed by atoms with Crippen LogP contribution in [0, 0.1) is 0 Å². The molecular formula is C25H18N4O6. The van der Waals surface area contributed by atoms with Crippen LogP contribution in [0.4, 0.5) is 0 Å². The fourth-order valence-electron chi connectivity index (χ4n) is 3.88. The summed E-state index contributed by atoms with van der Waals surface area (Å²) in [6.07, 6.45) is 0. The predicted octanol–water partition coefficient (Wildman–Crippen LogP) is 2.41. The summed E-state index contributed by atoms with van der Waals surface area (Å²) in [5.74, 6) is -1.34. The third-order valence-corrected chi connectivity index (χ3v) is 5.65. The van der Waals surface area contributed by atoms with E-state index >= 15 is 0 Å². The Labute approximate surface area is 198 Å². The summed E-state index contributed by atoms with van der Waals surface area (Å²) in [7, 11) is 1.40. The highest BCUT2D eigenvalue weighted by molar-refractivity contribution is 6.21. The van der Waals surface area contributed by atoms with Gasteiger partial charge < -0.3 is 9.47 Å². The van der Waals surface area contributed by atoms with Gasteiger partial charge in [-0.1, -0.05) is 35.5 Å². The molecule has 2 amide bonds. The minimum Gasteiger partial charge on any atom is -0.496 e. The number of carbonyl (C=O) groups is 3. The van der Waals surface area contributed by atoms with Crippen molar-refractivity contribution in [3.63, 3.8) is 0 Å². The Bertz CT molecular complexity index is 1530. The van der Waals surface area contributed by atoms with Crippen molar-refractivity contribution in [2.75, 3.05) is 7.11 Å². The van der Waals surface area contributed by atoms with E-state index in [1.54, 1.807) is 60.7 Å². The average molecular weight is 470 g/mol. The zero-order chi connectivity index (χ0) is 24.5. The van der Waals surface area contributed by atoms with Gasteiger partial charge in [-0.05, 0) is 42.0 Å². The standard InChI is InChI=1S/C25H18N4O6/c1-34-21-11-10-15(13-28-22(30)16-6-2-3-7-17(16)23(28)31)12-19(21)25(33)35-14-29-24(32)18-8-4-5-9-20(18)26-27-29/h2-12H,13-14H2,1H3. The molecule has 174 valence electrons. The van der Waals surface area contributed by atoms with E-state index in [-0.39, 0.29) is 17.9 Å². The molecule has 0 saturated heterocycles. The number of methoxy groups -OCH3 is 1. The molecule has 0 bridgehead atoms. The summed E-state index contributed by atoms with van der Waals surface area (Å²) < 4.78 is 11.5. The fourth-order valence-corrected chi connectivity index (χ4v) is 3.88. The van der Waals surface area contributed by atoms with Crippen LogP contribution < -0.4 is 10.3 Å². The number of carbonyl (C=O) groups excluding carboxylic acids is 3. The van der Waals surface area contributed by atoms with Crippen LogP contribution in [0.25, 0.3) is 10.9 Å². The molecule has 0 aliphatic carbocycles. The molecule has 5 rings (SSSR count). The van der Waals surface area contributed by atoms with Crippen LogP contribution in [0.2, 0.25) is 0 Å². The van der Waals surface area contributed by atoms with Gasteiger partial charge in [0.25, 0.3) is 17.4 Å². The van der Waals surface area contributed by atoms with Crippen molar-refractivity contribution in [3.8, 4) is 5.75 Å². The Balaban J connectivity index is 1.36. The lowest BCUT2D eigenvalue weighted by Gasteiger charge is -2.16. The first-order chi connectivity index (χ1) is 17.0. The molecule has 0 spiro atoms. The largest absolute Gasteiger partial charge is 0.496 e. The number of esters is 1. The molecular weight excluding hydrogens is 452 g/mol. The van der Waals surface area contributed by atoms with Crippen LogP contribution in [0.3, 0.4) is 0 Å². The molecule has 1 aliphatic heterocycles. The van der Waals surface area contributed by atoms with Crippen LogP contribution in [-0.2, 0) is 18.0 Å². The SMILES string of the molecule is COc1ccc(CN2C(=O)c3ccccc3C2=O)cc1C(=O)OCn1nnc2ccccc2c1=O. The summed E-state index contributed by atoms with van der Waals surface area (Å²) in [6, 6.07) is 18.0. The zero-order valence-electron chi connectivity index (χ0n) is 18.5. The number of nitrogens with zero attached hydrogens (tertiary/aromatic N) is 4. The van der Waals surface area contributed by atoms with Gasteiger partial charge in [0.1, 0.15) is 16.8 Å². The smallest absolute Gasteiger partial charge is 0.343 e. The van der Waals surface area contributed by atoms with E-state index in [1.165, 1.54) is 13.2 Å². The van der Waals surface area contributed by atoms with E-state index in [0.29, 0.717) is 27.6 Å². The van der Waals surface area contributed by atoms with Crippen molar-refractivity contribution in [1.29, 1.82) is 0 Å². The first-order valence-electron chi connectivity index (χ1n) is 10.6.